The molecule has 102 valence electrons. The molecule has 0 spiro atoms. The molecule has 1 aliphatic rings. The van der Waals surface area contributed by atoms with Crippen molar-refractivity contribution < 1.29 is 14.3 Å². The quantitative estimate of drug-likeness (QED) is 0.528. The maximum absolute atomic E-state index is 12.5. The normalized spacial score (nSPS) is 18.5. The first kappa shape index (κ1) is 14.8. The van der Waals surface area contributed by atoms with Crippen molar-refractivity contribution in [1.29, 1.82) is 0 Å². The van der Waals surface area contributed by atoms with Crippen molar-refractivity contribution in [3.63, 3.8) is 0 Å². The molecule has 0 saturated carbocycles. The molecule has 0 radical (unpaired) electrons. The van der Waals surface area contributed by atoms with Crippen molar-refractivity contribution in [2.24, 2.45) is 0 Å². The molecule has 1 atom stereocenters. The third-order valence-electron chi connectivity index (χ3n) is 3.15. The fraction of sp³-hybridized carbons (Fsp3) is 0.385. The van der Waals surface area contributed by atoms with Crippen molar-refractivity contribution in [3.8, 4) is 0 Å². The molecule has 1 aliphatic heterocycles. The second-order valence-electron chi connectivity index (χ2n) is 4.30. The maximum atomic E-state index is 12.5. The van der Waals surface area contributed by atoms with Gasteiger partial charge < -0.3 is 9.64 Å². The van der Waals surface area contributed by atoms with Gasteiger partial charge in [-0.3, -0.25) is 4.79 Å². The van der Waals surface area contributed by atoms with Crippen LogP contribution in [-0.2, 0) is 9.53 Å². The highest BCUT2D eigenvalue weighted by Crippen LogP contribution is 2.26. The van der Waals surface area contributed by atoms with Crippen LogP contribution in [0.15, 0.2) is 22.7 Å². The van der Waals surface area contributed by atoms with E-state index in [1.54, 1.807) is 4.90 Å². The number of amides is 1. The first-order valence-electron chi connectivity index (χ1n) is 5.88. The predicted octanol–water partition coefficient (Wildman–Crippen LogP) is 2.83. The summed E-state index contributed by atoms with van der Waals surface area (Å²) in [7, 11) is 1.35. The molecule has 6 heteroatoms. The lowest BCUT2D eigenvalue weighted by Crippen LogP contribution is -2.41. The largest absolute Gasteiger partial charge is 0.467 e. The van der Waals surface area contributed by atoms with E-state index in [4.69, 9.17) is 4.74 Å². The highest BCUT2D eigenvalue weighted by molar-refractivity contribution is 14.1. The van der Waals surface area contributed by atoms with Crippen LogP contribution in [-0.4, -0.2) is 36.5 Å². The van der Waals surface area contributed by atoms with E-state index < -0.39 is 6.04 Å². The Balaban J connectivity index is 2.28. The summed E-state index contributed by atoms with van der Waals surface area (Å²) in [6.07, 6.45) is 1.49. The highest BCUT2D eigenvalue weighted by atomic mass is 127. The van der Waals surface area contributed by atoms with E-state index in [9.17, 15) is 9.59 Å². The summed E-state index contributed by atoms with van der Waals surface area (Å²) in [5, 5.41) is 0. The van der Waals surface area contributed by atoms with Crippen LogP contribution >= 0.6 is 38.5 Å². The van der Waals surface area contributed by atoms with Crippen LogP contribution in [0.2, 0.25) is 0 Å². The molecule has 2 rings (SSSR count). The highest BCUT2D eigenvalue weighted by Gasteiger charge is 2.35. The van der Waals surface area contributed by atoms with Gasteiger partial charge in [0.15, 0.2) is 0 Å². The number of methoxy groups -OCH3 is 1. The van der Waals surface area contributed by atoms with Gasteiger partial charge >= 0.3 is 5.97 Å². The van der Waals surface area contributed by atoms with E-state index in [-0.39, 0.29) is 11.9 Å². The van der Waals surface area contributed by atoms with Crippen molar-refractivity contribution in [3.05, 3.63) is 31.8 Å². The molecule has 1 unspecified atom stereocenters. The van der Waals surface area contributed by atoms with Crippen LogP contribution in [0.3, 0.4) is 0 Å². The van der Waals surface area contributed by atoms with Crippen LogP contribution in [0.5, 0.6) is 0 Å². The molecule has 1 aromatic rings. The number of esters is 1. The summed E-state index contributed by atoms with van der Waals surface area (Å²) in [5.41, 5.74) is 0.586. The van der Waals surface area contributed by atoms with Crippen molar-refractivity contribution in [2.45, 2.75) is 18.9 Å². The van der Waals surface area contributed by atoms with E-state index >= 15 is 0 Å². The predicted molar refractivity (Wildman–Crippen MR) is 82.9 cm³/mol. The Morgan fingerprint density at radius 3 is 2.89 bits per heavy atom. The number of likely N-dealkylation sites (tertiary alicyclic amines) is 1. The number of ether oxygens (including phenoxy) is 1. The van der Waals surface area contributed by atoms with Gasteiger partial charge in [-0.25, -0.2) is 4.79 Å². The number of hydrogen-bond acceptors (Lipinski definition) is 3. The molecule has 0 bridgehead atoms. The molecule has 1 aromatic carbocycles. The van der Waals surface area contributed by atoms with E-state index in [1.165, 1.54) is 7.11 Å². The molecule has 0 aliphatic carbocycles. The van der Waals surface area contributed by atoms with Crippen molar-refractivity contribution in [1.82, 2.24) is 4.90 Å². The average molecular weight is 438 g/mol. The number of benzene rings is 1. The van der Waals surface area contributed by atoms with Crippen LogP contribution < -0.4 is 0 Å². The number of hydrogen-bond donors (Lipinski definition) is 0. The Kier molecular flexibility index (Phi) is 4.83. The minimum atomic E-state index is -0.456. The molecule has 1 saturated heterocycles. The zero-order chi connectivity index (χ0) is 14.0. The molecule has 1 fully saturated rings. The number of carbonyl (C=O) groups excluding carboxylic acids is 2. The van der Waals surface area contributed by atoms with E-state index in [0.29, 0.717) is 18.5 Å². The number of carbonyl (C=O) groups is 2. The minimum absolute atomic E-state index is 0.127. The van der Waals surface area contributed by atoms with Crippen molar-refractivity contribution >= 4 is 50.4 Å². The molecular formula is C13H13BrINO3. The minimum Gasteiger partial charge on any atom is -0.467 e. The third-order valence-corrected chi connectivity index (χ3v) is 4.51. The van der Waals surface area contributed by atoms with Crippen LogP contribution in [0.25, 0.3) is 0 Å². The summed E-state index contributed by atoms with van der Waals surface area (Å²) in [6, 6.07) is 5.13. The van der Waals surface area contributed by atoms with Gasteiger partial charge in [-0.1, -0.05) is 0 Å². The first-order valence-corrected chi connectivity index (χ1v) is 7.75. The van der Waals surface area contributed by atoms with Crippen molar-refractivity contribution in [2.75, 3.05) is 13.7 Å². The Hall–Kier alpha value is -0.630. The summed E-state index contributed by atoms with van der Waals surface area (Å²) < 4.78 is 6.49. The monoisotopic (exact) mass is 437 g/mol. The van der Waals surface area contributed by atoms with Gasteiger partial charge in [-0.05, 0) is 69.6 Å². The van der Waals surface area contributed by atoms with Gasteiger partial charge in [-0.15, -0.1) is 0 Å². The van der Waals surface area contributed by atoms with Crippen LogP contribution in [0.4, 0.5) is 0 Å². The van der Waals surface area contributed by atoms with E-state index in [1.807, 2.05) is 18.2 Å². The summed E-state index contributed by atoms with van der Waals surface area (Å²) in [6.45, 7) is 0.594. The van der Waals surface area contributed by atoms with Gasteiger partial charge in [0.1, 0.15) is 6.04 Å². The standard InChI is InChI=1S/C13H13BrINO3/c1-19-13(18)11-3-2-6-16(11)12(17)9-7-8(15)4-5-10(9)14/h4-5,7,11H,2-3,6H2,1H3. The Labute approximate surface area is 133 Å². The topological polar surface area (TPSA) is 46.6 Å². The van der Waals surface area contributed by atoms with Gasteiger partial charge in [-0.2, -0.15) is 0 Å². The van der Waals surface area contributed by atoms with Crippen LogP contribution in [0.1, 0.15) is 23.2 Å². The summed E-state index contributed by atoms with van der Waals surface area (Å²) >= 11 is 5.55. The molecule has 0 N–H and O–H groups in total. The summed E-state index contributed by atoms with van der Waals surface area (Å²) in [4.78, 5) is 25.8. The molecule has 1 heterocycles. The Bertz CT molecular complexity index is 521. The number of nitrogens with zero attached hydrogens (tertiary/aromatic N) is 1. The smallest absolute Gasteiger partial charge is 0.328 e. The van der Waals surface area contributed by atoms with E-state index in [2.05, 4.69) is 38.5 Å². The SMILES string of the molecule is COC(=O)C1CCCN1C(=O)c1cc(I)ccc1Br. The first-order chi connectivity index (χ1) is 9.04. The van der Waals surface area contributed by atoms with E-state index in [0.717, 1.165) is 14.5 Å². The molecule has 4 nitrogen and oxygen atoms in total. The zero-order valence-corrected chi connectivity index (χ0v) is 14.1. The lowest BCUT2D eigenvalue weighted by atomic mass is 10.1. The second kappa shape index (κ2) is 6.21. The Morgan fingerprint density at radius 2 is 2.21 bits per heavy atom. The second-order valence-corrected chi connectivity index (χ2v) is 6.40. The zero-order valence-electron chi connectivity index (χ0n) is 10.4. The number of halogens is 2. The molecule has 0 aromatic heterocycles. The lowest BCUT2D eigenvalue weighted by molar-refractivity contribution is -0.145. The lowest BCUT2D eigenvalue weighted by Gasteiger charge is -2.23. The van der Waals surface area contributed by atoms with Gasteiger partial charge in [0, 0.05) is 14.6 Å². The van der Waals surface area contributed by atoms with Gasteiger partial charge in [0.05, 0.1) is 12.7 Å². The maximum Gasteiger partial charge on any atom is 0.328 e. The molecular weight excluding hydrogens is 425 g/mol. The fourth-order valence-electron chi connectivity index (χ4n) is 2.21. The van der Waals surface area contributed by atoms with Gasteiger partial charge in [0.25, 0.3) is 5.91 Å². The fourth-order valence-corrected chi connectivity index (χ4v) is 3.11. The number of rotatable bonds is 2. The molecule has 1 amide bonds. The molecule has 19 heavy (non-hydrogen) atoms. The van der Waals surface area contributed by atoms with Gasteiger partial charge in [0.2, 0.25) is 0 Å². The van der Waals surface area contributed by atoms with Crippen LogP contribution in [0, 0.1) is 3.57 Å². The third kappa shape index (κ3) is 3.10. The Morgan fingerprint density at radius 1 is 1.47 bits per heavy atom. The average Bonchev–Trinajstić information content (AvgIpc) is 2.89. The summed E-state index contributed by atoms with van der Waals surface area (Å²) in [5.74, 6) is -0.467.